The number of esters is 1. The Morgan fingerprint density at radius 2 is 1.91 bits per heavy atom. The van der Waals surface area contributed by atoms with Crippen LogP contribution in [-0.4, -0.2) is 71.3 Å². The number of cyclic esters (lactones) is 1. The number of rotatable bonds is 5. The SMILES string of the molecule is CC[C@H](C)[C@H](CO)N1C(=O)[C@@H]2[C@H]3C(=O)OCC=C[C@H]3O[C@@]23C=CCN(c2ccc(Cl)cc2)C(=O)C13. The van der Waals surface area contributed by atoms with Crippen molar-refractivity contribution in [2.75, 3.05) is 24.7 Å². The lowest BCUT2D eigenvalue weighted by Gasteiger charge is -2.40. The van der Waals surface area contributed by atoms with Gasteiger partial charge in [-0.1, -0.05) is 50.1 Å². The minimum absolute atomic E-state index is 0.0828. The number of carbonyl (C=O) groups is 3. The molecule has 186 valence electrons. The largest absolute Gasteiger partial charge is 0.461 e. The first kappa shape index (κ1) is 24.0. The monoisotopic (exact) mass is 500 g/mol. The number of fused-ring (bicyclic) bond motifs is 2. The van der Waals surface area contributed by atoms with Crippen LogP contribution in [0.25, 0.3) is 0 Å². The highest BCUT2D eigenvalue weighted by atomic mass is 35.5. The van der Waals surface area contributed by atoms with Gasteiger partial charge in [-0.15, -0.1) is 0 Å². The number of anilines is 1. The molecule has 0 aromatic heterocycles. The Kier molecular flexibility index (Phi) is 6.23. The van der Waals surface area contributed by atoms with Crippen molar-refractivity contribution in [1.82, 2.24) is 4.90 Å². The van der Waals surface area contributed by atoms with Crippen LogP contribution in [0.4, 0.5) is 5.69 Å². The molecule has 2 fully saturated rings. The van der Waals surface area contributed by atoms with Crippen LogP contribution in [0, 0.1) is 17.8 Å². The molecule has 0 aliphatic carbocycles. The van der Waals surface area contributed by atoms with E-state index in [1.165, 1.54) is 4.90 Å². The number of aliphatic hydroxyl groups excluding tert-OH is 1. The Hall–Kier alpha value is -2.68. The standard InChI is InChI=1S/C26H29ClN2O6/c1-3-15(2)18(14-30)29-22-24(32)28(17-9-7-16(27)8-10-17)12-5-11-26(22)21(23(29)31)20-19(35-26)6-4-13-34-25(20)33/h4-11,15,18-22,30H,3,12-14H2,1-2H3/t15-,18-,19+,20-,21-,22?,26-/m0/s1. The molecule has 9 heteroatoms. The van der Waals surface area contributed by atoms with Crippen LogP contribution < -0.4 is 4.90 Å². The maximum atomic E-state index is 14.3. The molecule has 4 aliphatic heterocycles. The summed E-state index contributed by atoms with van der Waals surface area (Å²) in [6.07, 6.45) is 7.05. The second kappa shape index (κ2) is 9.08. The summed E-state index contributed by atoms with van der Waals surface area (Å²) in [5.41, 5.74) is -0.723. The minimum Gasteiger partial charge on any atom is -0.461 e. The van der Waals surface area contributed by atoms with Crippen LogP contribution in [0.3, 0.4) is 0 Å². The Morgan fingerprint density at radius 1 is 1.17 bits per heavy atom. The highest BCUT2D eigenvalue weighted by Crippen LogP contribution is 2.54. The van der Waals surface area contributed by atoms with Gasteiger partial charge >= 0.3 is 5.97 Å². The third-order valence-electron chi connectivity index (χ3n) is 7.83. The van der Waals surface area contributed by atoms with Gasteiger partial charge < -0.3 is 24.4 Å². The summed E-state index contributed by atoms with van der Waals surface area (Å²) in [5.74, 6) is -3.10. The van der Waals surface area contributed by atoms with Crippen molar-refractivity contribution in [3.05, 3.63) is 53.6 Å². The van der Waals surface area contributed by atoms with Crippen molar-refractivity contribution in [2.24, 2.45) is 17.8 Å². The molecular formula is C26H29ClN2O6. The molecule has 1 N–H and O–H groups in total. The summed E-state index contributed by atoms with van der Waals surface area (Å²) in [5, 5.41) is 10.9. The zero-order chi connectivity index (χ0) is 24.9. The molecule has 1 aromatic rings. The highest BCUT2D eigenvalue weighted by molar-refractivity contribution is 6.30. The molecule has 7 atom stereocenters. The summed E-state index contributed by atoms with van der Waals surface area (Å²) in [4.78, 5) is 44.4. The van der Waals surface area contributed by atoms with Gasteiger partial charge in [0.1, 0.15) is 24.2 Å². The number of amides is 2. The van der Waals surface area contributed by atoms with E-state index >= 15 is 0 Å². The fraction of sp³-hybridized carbons (Fsp3) is 0.500. The highest BCUT2D eigenvalue weighted by Gasteiger charge is 2.72. The van der Waals surface area contributed by atoms with Gasteiger partial charge in [0.2, 0.25) is 5.91 Å². The van der Waals surface area contributed by atoms with E-state index in [2.05, 4.69) is 0 Å². The van der Waals surface area contributed by atoms with E-state index in [4.69, 9.17) is 21.1 Å². The predicted molar refractivity (Wildman–Crippen MR) is 129 cm³/mol. The maximum Gasteiger partial charge on any atom is 0.313 e. The molecule has 5 rings (SSSR count). The van der Waals surface area contributed by atoms with Gasteiger partial charge in [-0.25, -0.2) is 0 Å². The summed E-state index contributed by atoms with van der Waals surface area (Å²) >= 11 is 6.06. The molecule has 4 heterocycles. The van der Waals surface area contributed by atoms with Crippen LogP contribution in [0.5, 0.6) is 0 Å². The quantitative estimate of drug-likeness (QED) is 0.492. The zero-order valence-corrected chi connectivity index (χ0v) is 20.4. The van der Waals surface area contributed by atoms with Crippen LogP contribution in [0.2, 0.25) is 5.02 Å². The number of carbonyl (C=O) groups excluding carboxylic acids is 3. The number of hydrogen-bond acceptors (Lipinski definition) is 6. The van der Waals surface area contributed by atoms with Crippen LogP contribution in [0.1, 0.15) is 20.3 Å². The van der Waals surface area contributed by atoms with E-state index < -0.39 is 41.6 Å². The Morgan fingerprint density at radius 3 is 2.60 bits per heavy atom. The zero-order valence-electron chi connectivity index (χ0n) is 19.7. The Labute approximate surface area is 209 Å². The summed E-state index contributed by atoms with van der Waals surface area (Å²) in [6.45, 7) is 3.98. The molecule has 1 aromatic carbocycles. The first-order valence-electron chi connectivity index (χ1n) is 12.0. The molecule has 0 saturated carbocycles. The smallest absolute Gasteiger partial charge is 0.313 e. The molecular weight excluding hydrogens is 472 g/mol. The summed E-state index contributed by atoms with van der Waals surface area (Å²) < 4.78 is 11.8. The van der Waals surface area contributed by atoms with Gasteiger partial charge in [-0.3, -0.25) is 14.4 Å². The molecule has 4 aliphatic rings. The third kappa shape index (κ3) is 3.61. The predicted octanol–water partition coefficient (Wildman–Crippen LogP) is 2.34. The van der Waals surface area contributed by atoms with Crippen LogP contribution >= 0.6 is 11.6 Å². The van der Waals surface area contributed by atoms with Gasteiger partial charge in [0.15, 0.2) is 0 Å². The van der Waals surface area contributed by atoms with E-state index in [9.17, 15) is 19.5 Å². The number of hydrogen-bond donors (Lipinski definition) is 1. The lowest BCUT2D eigenvalue weighted by atomic mass is 9.78. The minimum atomic E-state index is -1.35. The van der Waals surface area contributed by atoms with Crippen molar-refractivity contribution in [3.63, 3.8) is 0 Å². The number of ether oxygens (including phenoxy) is 2. The second-order valence-corrected chi connectivity index (χ2v) is 10.0. The summed E-state index contributed by atoms with van der Waals surface area (Å²) in [6, 6.07) is 5.26. The van der Waals surface area contributed by atoms with Gasteiger partial charge in [-0.2, -0.15) is 0 Å². The first-order valence-corrected chi connectivity index (χ1v) is 12.4. The molecule has 2 amide bonds. The maximum absolute atomic E-state index is 14.3. The third-order valence-corrected chi connectivity index (χ3v) is 8.09. The fourth-order valence-electron chi connectivity index (χ4n) is 5.93. The molecule has 35 heavy (non-hydrogen) atoms. The van der Waals surface area contributed by atoms with Gasteiger partial charge in [0.25, 0.3) is 5.91 Å². The van der Waals surface area contributed by atoms with E-state index in [0.717, 1.165) is 0 Å². The van der Waals surface area contributed by atoms with Crippen molar-refractivity contribution < 1.29 is 29.0 Å². The molecule has 0 bridgehead atoms. The van der Waals surface area contributed by atoms with Gasteiger partial charge in [0.05, 0.1) is 24.7 Å². The van der Waals surface area contributed by atoms with Crippen LogP contribution in [0.15, 0.2) is 48.6 Å². The van der Waals surface area contributed by atoms with E-state index in [-0.39, 0.29) is 37.5 Å². The first-order chi connectivity index (χ1) is 16.8. The molecule has 1 spiro atoms. The Bertz CT molecular complexity index is 1090. The molecule has 2 saturated heterocycles. The fourth-order valence-corrected chi connectivity index (χ4v) is 6.06. The number of halogens is 1. The van der Waals surface area contributed by atoms with Crippen molar-refractivity contribution in [3.8, 4) is 0 Å². The van der Waals surface area contributed by atoms with Gasteiger partial charge in [-0.05, 0) is 36.3 Å². The lowest BCUT2D eigenvalue weighted by Crippen LogP contribution is -2.59. The number of benzene rings is 1. The normalized spacial score (nSPS) is 33.5. The second-order valence-electron chi connectivity index (χ2n) is 9.61. The van der Waals surface area contributed by atoms with E-state index in [1.54, 1.807) is 47.4 Å². The topological polar surface area (TPSA) is 96.4 Å². The lowest BCUT2D eigenvalue weighted by molar-refractivity contribution is -0.154. The Balaban J connectivity index is 1.66. The summed E-state index contributed by atoms with van der Waals surface area (Å²) in [7, 11) is 0. The van der Waals surface area contributed by atoms with Crippen molar-refractivity contribution >= 4 is 35.1 Å². The van der Waals surface area contributed by atoms with E-state index in [1.807, 2.05) is 19.9 Å². The average Bonchev–Trinajstić information content (AvgIpc) is 3.15. The number of aliphatic hydroxyl groups is 1. The average molecular weight is 501 g/mol. The van der Waals surface area contributed by atoms with E-state index in [0.29, 0.717) is 17.1 Å². The van der Waals surface area contributed by atoms with Crippen LogP contribution in [-0.2, 0) is 23.9 Å². The number of likely N-dealkylation sites (tertiary alicyclic amines) is 1. The van der Waals surface area contributed by atoms with Gasteiger partial charge in [0, 0.05) is 17.3 Å². The number of nitrogens with zero attached hydrogens (tertiary/aromatic N) is 2. The molecule has 1 unspecified atom stereocenters. The molecule has 8 nitrogen and oxygen atoms in total. The van der Waals surface area contributed by atoms with Crippen molar-refractivity contribution in [2.45, 2.75) is 44.1 Å². The molecule has 0 radical (unpaired) electrons. The van der Waals surface area contributed by atoms with Crippen molar-refractivity contribution in [1.29, 1.82) is 0 Å².